The molecular weight excluding hydrogens is 797 g/mol. The normalized spacial score (nSPS) is 10.3. The van der Waals surface area contributed by atoms with Gasteiger partial charge < -0.3 is 60.0 Å². The summed E-state index contributed by atoms with van der Waals surface area (Å²) in [5.74, 6) is -0.695. The third-order valence-corrected chi connectivity index (χ3v) is 8.86. The highest BCUT2D eigenvalue weighted by molar-refractivity contribution is 5.81. The molecule has 0 bridgehead atoms. The molecule has 0 heterocycles. The number of methoxy groups -OCH3 is 3. The van der Waals surface area contributed by atoms with Crippen LogP contribution in [0.5, 0.6) is 0 Å². The van der Waals surface area contributed by atoms with Gasteiger partial charge in [-0.05, 0) is 25.7 Å². The highest BCUT2D eigenvalue weighted by atomic mass is 16.6. The molecule has 0 spiro atoms. The molecule has 374 valence electrons. The average molecular weight is 897 g/mol. The minimum absolute atomic E-state index is 0. The Morgan fingerprint density at radius 2 is 0.726 bits per heavy atom. The van der Waals surface area contributed by atoms with E-state index in [4.69, 9.17) is 49.4 Å². The van der Waals surface area contributed by atoms with Crippen molar-refractivity contribution in [2.45, 2.75) is 150 Å². The van der Waals surface area contributed by atoms with E-state index in [1.54, 1.807) is 21.3 Å². The van der Waals surface area contributed by atoms with Gasteiger partial charge in [-0.3, -0.25) is 9.59 Å². The van der Waals surface area contributed by atoms with Gasteiger partial charge in [0.25, 0.3) is 0 Å². The predicted molar refractivity (Wildman–Crippen MR) is 255 cm³/mol. The molecule has 0 aliphatic carbocycles. The van der Waals surface area contributed by atoms with E-state index in [2.05, 4.69) is 17.2 Å². The molecule has 0 amide bonds. The number of nitrogens with one attached hydrogen (secondary N) is 2. The van der Waals surface area contributed by atoms with Gasteiger partial charge in [0, 0.05) is 79.9 Å². The summed E-state index contributed by atoms with van der Waals surface area (Å²) >= 11 is 0. The molecule has 15 nitrogen and oxygen atoms in total. The third-order valence-electron chi connectivity index (χ3n) is 8.86. The maximum atomic E-state index is 11.8. The maximum Gasteiger partial charge on any atom is 0.330 e. The lowest BCUT2D eigenvalue weighted by molar-refractivity contribution is -0.144. The molecule has 0 aliphatic rings. The fourth-order valence-corrected chi connectivity index (χ4v) is 5.40. The Morgan fingerprint density at radius 3 is 1.05 bits per heavy atom. The molecule has 0 saturated carbocycles. The first-order chi connectivity index (χ1) is 29.4. The molecule has 0 radical (unpaired) electrons. The number of hydrogen-bond acceptors (Lipinski definition) is 15. The number of nitrogens with two attached hydrogens (primary N) is 2. The Kier molecular flexibility index (Phi) is 72.6. The molecule has 0 atom stereocenters. The number of hydrogen-bond donors (Lipinski definition) is 4. The first-order valence-corrected chi connectivity index (χ1v) is 23.0. The predicted octanol–water partition coefficient (Wildman–Crippen LogP) is 7.31. The zero-order chi connectivity index (χ0) is 44.7. The van der Waals surface area contributed by atoms with Crippen molar-refractivity contribution in [3.8, 4) is 0 Å². The van der Waals surface area contributed by atoms with Crippen LogP contribution in [-0.4, -0.2) is 145 Å². The van der Waals surface area contributed by atoms with E-state index < -0.39 is 5.97 Å². The van der Waals surface area contributed by atoms with Crippen molar-refractivity contribution < 1.29 is 52.3 Å². The molecule has 6 N–H and O–H groups in total. The van der Waals surface area contributed by atoms with E-state index in [-0.39, 0.29) is 33.4 Å². The van der Waals surface area contributed by atoms with E-state index >= 15 is 0 Å². The van der Waals surface area contributed by atoms with Crippen LogP contribution in [0.4, 0.5) is 0 Å². The molecular formula is C47H100N4O11. The summed E-state index contributed by atoms with van der Waals surface area (Å²) < 4.78 is 40.6. The molecule has 15 heteroatoms. The molecule has 0 aromatic carbocycles. The smallest absolute Gasteiger partial charge is 0.330 e. The fourth-order valence-electron chi connectivity index (χ4n) is 5.40. The number of rotatable bonds is 45. The van der Waals surface area contributed by atoms with E-state index in [9.17, 15) is 14.4 Å². The van der Waals surface area contributed by atoms with Crippen molar-refractivity contribution in [3.05, 3.63) is 12.7 Å². The Morgan fingerprint density at radius 1 is 0.419 bits per heavy atom. The van der Waals surface area contributed by atoms with Crippen molar-refractivity contribution in [1.82, 2.24) is 10.6 Å². The zero-order valence-electron chi connectivity index (χ0n) is 38.6. The Labute approximate surface area is 380 Å². The van der Waals surface area contributed by atoms with Gasteiger partial charge in [-0.25, -0.2) is 4.79 Å². The first-order valence-electron chi connectivity index (χ1n) is 23.0. The quantitative estimate of drug-likeness (QED) is 0.0205. The van der Waals surface area contributed by atoms with Gasteiger partial charge in [0.2, 0.25) is 0 Å². The Bertz CT molecular complexity index is 874. The lowest BCUT2D eigenvalue weighted by Crippen LogP contribution is -2.30. The number of ether oxygens (including phenoxy) is 8. The molecule has 0 unspecified atom stereocenters. The lowest BCUT2D eigenvalue weighted by Gasteiger charge is -2.08. The van der Waals surface area contributed by atoms with Gasteiger partial charge in [-0.15, -0.1) is 0 Å². The molecule has 62 heavy (non-hydrogen) atoms. The number of esters is 3. The van der Waals surface area contributed by atoms with E-state index in [1.807, 2.05) is 0 Å². The van der Waals surface area contributed by atoms with Crippen molar-refractivity contribution >= 4 is 17.9 Å². The highest BCUT2D eigenvalue weighted by Gasteiger charge is 2.04. The second-order valence-electron chi connectivity index (χ2n) is 14.3. The van der Waals surface area contributed by atoms with Crippen LogP contribution >= 0.6 is 0 Å². The summed E-state index contributed by atoms with van der Waals surface area (Å²) in [7, 11) is 5.15. The van der Waals surface area contributed by atoms with Gasteiger partial charge >= 0.3 is 17.9 Å². The van der Waals surface area contributed by atoms with Crippen LogP contribution in [0.15, 0.2) is 12.7 Å². The molecule has 0 aliphatic heterocycles. The lowest BCUT2D eigenvalue weighted by atomic mass is 10.1. The van der Waals surface area contributed by atoms with Crippen LogP contribution in [0.2, 0.25) is 0 Å². The number of unbranched alkanes of at least 4 members (excludes halogenated alkanes) is 17. The maximum absolute atomic E-state index is 11.8. The molecule has 0 fully saturated rings. The fraction of sp³-hybridized carbons (Fsp3) is 0.894. The molecule has 0 aromatic heterocycles. The summed E-state index contributed by atoms with van der Waals surface area (Å²) in [5.41, 5.74) is 9.81. The third kappa shape index (κ3) is 69.5. The van der Waals surface area contributed by atoms with Crippen molar-refractivity contribution in [2.75, 3.05) is 127 Å². The van der Waals surface area contributed by atoms with Crippen LogP contribution in [0, 0.1) is 0 Å². The van der Waals surface area contributed by atoms with Gasteiger partial charge in [-0.2, -0.15) is 0 Å². The molecule has 0 aromatic rings. The number of carbonyl (C=O) groups is 3. The van der Waals surface area contributed by atoms with Gasteiger partial charge in [0.05, 0.1) is 59.1 Å². The van der Waals surface area contributed by atoms with Crippen LogP contribution in [-0.2, 0) is 52.3 Å². The van der Waals surface area contributed by atoms with Crippen molar-refractivity contribution in [2.24, 2.45) is 11.5 Å². The summed E-state index contributed by atoms with van der Waals surface area (Å²) in [6, 6.07) is 0. The SMILES string of the molecule is C.C.C=CC(=O)OCCOCCOCCOC.COCCCCCCCCCCCCOC(=O)CCNCCNCCC(=O)OCCCCCCCCCCCOC.NCCN. The summed E-state index contributed by atoms with van der Waals surface area (Å²) in [6.45, 7) is 12.8. The number of carbonyl (C=O) groups excluding carboxylic acids is 3. The van der Waals surface area contributed by atoms with Gasteiger partial charge in [0.1, 0.15) is 6.61 Å². The largest absolute Gasteiger partial charge is 0.466 e. The molecule has 0 saturated heterocycles. The monoisotopic (exact) mass is 897 g/mol. The van der Waals surface area contributed by atoms with E-state index in [0.717, 1.165) is 58.1 Å². The topological polar surface area (TPSA) is 201 Å². The van der Waals surface area contributed by atoms with Crippen LogP contribution in [0.1, 0.15) is 150 Å². The van der Waals surface area contributed by atoms with Gasteiger partial charge in [-0.1, -0.05) is 118 Å². The van der Waals surface area contributed by atoms with Crippen LogP contribution in [0.25, 0.3) is 0 Å². The summed E-state index contributed by atoms with van der Waals surface area (Å²) in [6.07, 6.45) is 25.2. The summed E-state index contributed by atoms with van der Waals surface area (Å²) in [4.78, 5) is 34.3. The second-order valence-corrected chi connectivity index (χ2v) is 14.3. The van der Waals surface area contributed by atoms with Gasteiger partial charge in [0.15, 0.2) is 0 Å². The second kappa shape index (κ2) is 65.4. The highest BCUT2D eigenvalue weighted by Crippen LogP contribution is 2.11. The average Bonchev–Trinajstić information content (AvgIpc) is 3.26. The van der Waals surface area contributed by atoms with Crippen molar-refractivity contribution in [3.63, 3.8) is 0 Å². The first kappa shape index (κ1) is 68.8. The van der Waals surface area contributed by atoms with E-state index in [1.165, 1.54) is 96.3 Å². The standard InChI is InChI=1S/C33H66N2O6.C10H18O5.C2H8N2.2CH4/c1-38-28-18-14-10-6-3-4-8-12-16-20-30-40-32(36)22-24-34-26-27-35-25-23-33(37)41-31-21-17-13-9-5-7-11-15-19-29-39-2;1-3-10(11)15-9-8-14-7-6-13-5-4-12-2;3-1-2-4;;/h34-35H,3-31H2,1-2H3;3H,1,4-9H2,2H3;1-4H2;2*1H4. The Balaban J connectivity index is -0.000000428. The molecule has 0 rings (SSSR count). The van der Waals surface area contributed by atoms with E-state index in [0.29, 0.717) is 85.3 Å². The van der Waals surface area contributed by atoms with Crippen LogP contribution < -0.4 is 22.1 Å². The minimum atomic E-state index is -0.435. The summed E-state index contributed by atoms with van der Waals surface area (Å²) in [5, 5.41) is 6.48. The zero-order valence-corrected chi connectivity index (χ0v) is 38.6. The minimum Gasteiger partial charge on any atom is -0.466 e. The van der Waals surface area contributed by atoms with Crippen molar-refractivity contribution in [1.29, 1.82) is 0 Å². The Hall–Kier alpha value is -2.21. The van der Waals surface area contributed by atoms with Crippen LogP contribution in [0.3, 0.4) is 0 Å².